The molecule has 3 aromatic heterocycles. The van der Waals surface area contributed by atoms with Gasteiger partial charge in [-0.25, -0.2) is 15.0 Å². The van der Waals surface area contributed by atoms with E-state index in [1.165, 1.54) is 27.4 Å². The monoisotopic (exact) mass is 868 g/mol. The zero-order chi connectivity index (χ0) is 45.0. The molecular formula is C63H40N4O. The summed E-state index contributed by atoms with van der Waals surface area (Å²) in [7, 11) is 0. The fourth-order valence-electron chi connectivity index (χ4n) is 9.76. The topological polar surface area (TPSA) is 56.7 Å². The largest absolute Gasteiger partial charge is 0.456 e. The third-order valence-electron chi connectivity index (χ3n) is 13.0. The quantitative estimate of drug-likeness (QED) is 0.153. The van der Waals surface area contributed by atoms with Crippen molar-refractivity contribution in [3.8, 4) is 84.4 Å². The molecule has 0 saturated heterocycles. The molecule has 0 unspecified atom stereocenters. The Morgan fingerprint density at radius 3 is 1.25 bits per heavy atom. The first kappa shape index (κ1) is 39.2. The minimum Gasteiger partial charge on any atom is -0.456 e. The molecule has 0 amide bonds. The number of benzene rings is 10. The van der Waals surface area contributed by atoms with Gasteiger partial charge in [-0.2, -0.15) is 0 Å². The van der Waals surface area contributed by atoms with Crippen LogP contribution in [-0.2, 0) is 0 Å². The summed E-state index contributed by atoms with van der Waals surface area (Å²) in [5, 5.41) is 4.51. The van der Waals surface area contributed by atoms with Gasteiger partial charge in [0, 0.05) is 43.9 Å². The maximum Gasteiger partial charge on any atom is 0.164 e. The van der Waals surface area contributed by atoms with Crippen LogP contribution in [0.2, 0.25) is 0 Å². The molecule has 13 rings (SSSR count). The standard InChI is InChI=1S/C63H40N4O/c1-5-16-41(17-6-1)44-22-13-24-48(36-44)61-64-62(49-25-14-23-45(37-49)42-18-7-2-8-19-42)66-63(65-61)50-32-35-55-59(40-50)68-58-29-15-28-52(60(55)58)47-31-34-54-53-33-30-46(43-20-9-3-10-21-43)38-56(53)67(57(54)39-47)51-26-11-4-12-27-51/h1-40H. The third-order valence-corrected chi connectivity index (χ3v) is 13.0. The highest BCUT2D eigenvalue weighted by Gasteiger charge is 2.20. The van der Waals surface area contributed by atoms with E-state index in [-0.39, 0.29) is 0 Å². The minimum absolute atomic E-state index is 0.567. The summed E-state index contributed by atoms with van der Waals surface area (Å²) in [6.45, 7) is 0. The van der Waals surface area contributed by atoms with E-state index in [4.69, 9.17) is 19.4 Å². The van der Waals surface area contributed by atoms with Crippen LogP contribution in [0, 0.1) is 0 Å². The van der Waals surface area contributed by atoms with Gasteiger partial charge >= 0.3 is 0 Å². The van der Waals surface area contributed by atoms with Crippen molar-refractivity contribution in [2.45, 2.75) is 0 Å². The van der Waals surface area contributed by atoms with Gasteiger partial charge in [0.25, 0.3) is 0 Å². The molecule has 68 heavy (non-hydrogen) atoms. The van der Waals surface area contributed by atoms with Gasteiger partial charge < -0.3 is 8.98 Å². The zero-order valence-electron chi connectivity index (χ0n) is 36.8. The second kappa shape index (κ2) is 16.4. The van der Waals surface area contributed by atoms with Crippen molar-refractivity contribution in [1.29, 1.82) is 0 Å². The molecule has 0 bridgehead atoms. The molecule has 0 spiro atoms. The van der Waals surface area contributed by atoms with Crippen LogP contribution in [0.25, 0.3) is 128 Å². The number of fused-ring (bicyclic) bond motifs is 6. The van der Waals surface area contributed by atoms with E-state index in [1.807, 2.05) is 12.1 Å². The van der Waals surface area contributed by atoms with E-state index < -0.39 is 0 Å². The maximum atomic E-state index is 6.74. The molecule has 0 atom stereocenters. The fourth-order valence-corrected chi connectivity index (χ4v) is 9.76. The highest BCUT2D eigenvalue weighted by molar-refractivity contribution is 6.15. The predicted molar refractivity (Wildman–Crippen MR) is 279 cm³/mol. The average Bonchev–Trinajstić information content (AvgIpc) is 3.96. The number of nitrogens with zero attached hydrogens (tertiary/aromatic N) is 4. The van der Waals surface area contributed by atoms with Crippen molar-refractivity contribution in [2.24, 2.45) is 0 Å². The SMILES string of the molecule is c1ccc(-c2cccc(-c3nc(-c4cccc(-c5ccccc5)c4)nc(-c4ccc5c(c4)oc4cccc(-c6ccc7c8ccc(-c9ccccc9)cc8n(-c8ccccc8)c7c6)c45)n3)c2)cc1. The van der Waals surface area contributed by atoms with Crippen LogP contribution in [0.1, 0.15) is 0 Å². The molecule has 0 N–H and O–H groups in total. The van der Waals surface area contributed by atoms with Crippen LogP contribution in [0.3, 0.4) is 0 Å². The van der Waals surface area contributed by atoms with Crippen molar-refractivity contribution in [3.63, 3.8) is 0 Å². The molecule has 0 saturated carbocycles. The lowest BCUT2D eigenvalue weighted by Crippen LogP contribution is -2.00. The third kappa shape index (κ3) is 6.93. The summed E-state index contributed by atoms with van der Waals surface area (Å²) in [5.74, 6) is 1.76. The second-order valence-corrected chi connectivity index (χ2v) is 17.2. The first-order chi connectivity index (χ1) is 33.7. The summed E-state index contributed by atoms with van der Waals surface area (Å²) >= 11 is 0. The van der Waals surface area contributed by atoms with E-state index in [9.17, 15) is 0 Å². The molecule has 0 aliphatic heterocycles. The lowest BCUT2D eigenvalue weighted by Gasteiger charge is -2.11. The molecule has 318 valence electrons. The van der Waals surface area contributed by atoms with E-state index in [1.54, 1.807) is 0 Å². The number of aromatic nitrogens is 4. The normalized spacial score (nSPS) is 11.5. The molecule has 10 aromatic carbocycles. The van der Waals surface area contributed by atoms with Gasteiger partial charge in [-0.1, -0.05) is 188 Å². The molecule has 0 fully saturated rings. The molecule has 13 aromatic rings. The van der Waals surface area contributed by atoms with E-state index >= 15 is 0 Å². The molecule has 5 heteroatoms. The average molecular weight is 869 g/mol. The number of rotatable bonds is 8. The van der Waals surface area contributed by atoms with Gasteiger partial charge in [-0.3, -0.25) is 0 Å². The summed E-state index contributed by atoms with van der Waals surface area (Å²) < 4.78 is 9.14. The highest BCUT2D eigenvalue weighted by Crippen LogP contribution is 2.42. The minimum atomic E-state index is 0.567. The van der Waals surface area contributed by atoms with Crippen molar-refractivity contribution in [2.75, 3.05) is 0 Å². The molecule has 0 aliphatic carbocycles. The first-order valence-electron chi connectivity index (χ1n) is 22.9. The zero-order valence-corrected chi connectivity index (χ0v) is 36.8. The van der Waals surface area contributed by atoms with E-state index in [0.29, 0.717) is 17.5 Å². The Hall–Kier alpha value is -9.19. The van der Waals surface area contributed by atoms with Crippen LogP contribution in [0.4, 0.5) is 0 Å². The summed E-state index contributed by atoms with van der Waals surface area (Å²) in [6.07, 6.45) is 0. The van der Waals surface area contributed by atoms with E-state index in [2.05, 4.69) is 235 Å². The smallest absolute Gasteiger partial charge is 0.164 e. The summed E-state index contributed by atoms with van der Waals surface area (Å²) in [4.78, 5) is 15.5. The molecule has 3 heterocycles. The Kier molecular flexibility index (Phi) is 9.43. The molecule has 0 aliphatic rings. The van der Waals surface area contributed by atoms with Gasteiger partial charge in [0.1, 0.15) is 11.2 Å². The van der Waals surface area contributed by atoms with Crippen LogP contribution in [0.5, 0.6) is 0 Å². The van der Waals surface area contributed by atoms with Gasteiger partial charge in [0.2, 0.25) is 0 Å². The Balaban J connectivity index is 0.947. The Labute approximate surface area is 392 Å². The second-order valence-electron chi connectivity index (χ2n) is 17.2. The first-order valence-corrected chi connectivity index (χ1v) is 22.9. The van der Waals surface area contributed by atoms with Crippen molar-refractivity contribution >= 4 is 43.7 Å². The van der Waals surface area contributed by atoms with Crippen LogP contribution >= 0.6 is 0 Å². The number of hydrogen-bond donors (Lipinski definition) is 0. The Morgan fingerprint density at radius 2 is 0.691 bits per heavy atom. The van der Waals surface area contributed by atoms with Gasteiger partial charge in [-0.05, 0) is 99.1 Å². The van der Waals surface area contributed by atoms with Crippen molar-refractivity contribution < 1.29 is 4.42 Å². The molecule has 5 nitrogen and oxygen atoms in total. The van der Waals surface area contributed by atoms with Crippen LogP contribution in [0.15, 0.2) is 247 Å². The van der Waals surface area contributed by atoms with Gasteiger partial charge in [0.05, 0.1) is 11.0 Å². The van der Waals surface area contributed by atoms with Gasteiger partial charge in [0.15, 0.2) is 17.5 Å². The number of hydrogen-bond acceptors (Lipinski definition) is 4. The van der Waals surface area contributed by atoms with Crippen LogP contribution in [-0.4, -0.2) is 19.5 Å². The number of furan rings is 1. The fraction of sp³-hybridized carbons (Fsp3) is 0. The summed E-state index contributed by atoms with van der Waals surface area (Å²) in [6, 6.07) is 85.2. The summed E-state index contributed by atoms with van der Waals surface area (Å²) in [5.41, 5.74) is 16.7. The van der Waals surface area contributed by atoms with Crippen molar-refractivity contribution in [1.82, 2.24) is 19.5 Å². The Morgan fingerprint density at radius 1 is 0.279 bits per heavy atom. The van der Waals surface area contributed by atoms with Crippen LogP contribution < -0.4 is 0 Å². The lowest BCUT2D eigenvalue weighted by atomic mass is 9.97. The van der Waals surface area contributed by atoms with Crippen molar-refractivity contribution in [3.05, 3.63) is 243 Å². The molecule has 0 radical (unpaired) electrons. The predicted octanol–water partition coefficient (Wildman–Crippen LogP) is 16.5. The molecular weight excluding hydrogens is 829 g/mol. The maximum absolute atomic E-state index is 6.74. The highest BCUT2D eigenvalue weighted by atomic mass is 16.3. The van der Waals surface area contributed by atoms with E-state index in [0.717, 1.165) is 83.2 Å². The lowest BCUT2D eigenvalue weighted by molar-refractivity contribution is 0.669. The Bertz CT molecular complexity index is 3910. The number of para-hydroxylation sites is 1. The van der Waals surface area contributed by atoms with Gasteiger partial charge in [-0.15, -0.1) is 0 Å².